The van der Waals surface area contributed by atoms with Gasteiger partial charge >= 0.3 is 0 Å². The molecule has 0 fully saturated rings. The number of rotatable bonds is 3. The zero-order chi connectivity index (χ0) is 29.1. The molecule has 0 N–H and O–H groups in total. The summed E-state index contributed by atoms with van der Waals surface area (Å²) < 4.78 is 4.56. The highest BCUT2D eigenvalue weighted by Crippen LogP contribution is 2.38. The predicted octanol–water partition coefficient (Wildman–Crippen LogP) is 9.60. The van der Waals surface area contributed by atoms with E-state index in [4.69, 9.17) is 0 Å². The minimum absolute atomic E-state index is 0.398. The Morgan fingerprint density at radius 3 is 1.84 bits per heavy atom. The van der Waals surface area contributed by atoms with E-state index < -0.39 is 0 Å². The van der Waals surface area contributed by atoms with Crippen molar-refractivity contribution in [1.82, 2.24) is 9.13 Å². The molecule has 0 atom stereocenters. The minimum Gasteiger partial charge on any atom is -0.309 e. The number of nitriles is 2. The van der Waals surface area contributed by atoms with Gasteiger partial charge in [-0.1, -0.05) is 72.8 Å². The molecule has 2 aromatic heterocycles. The molecular weight excluding hydrogens is 524 g/mol. The molecule has 0 aliphatic rings. The first-order valence-corrected chi connectivity index (χ1v) is 14.2. The maximum atomic E-state index is 9.84. The van der Waals surface area contributed by atoms with Crippen molar-refractivity contribution in [2.45, 2.75) is 6.92 Å². The Morgan fingerprint density at radius 2 is 1.09 bits per heavy atom. The largest absolute Gasteiger partial charge is 0.309 e. The lowest BCUT2D eigenvalue weighted by Gasteiger charge is -2.13. The molecule has 0 spiro atoms. The first kappa shape index (κ1) is 24.7. The van der Waals surface area contributed by atoms with Gasteiger partial charge in [-0.2, -0.15) is 10.5 Å². The van der Waals surface area contributed by atoms with Gasteiger partial charge in [0.15, 0.2) is 0 Å². The molecule has 0 aliphatic heterocycles. The second kappa shape index (κ2) is 9.48. The van der Waals surface area contributed by atoms with E-state index in [1.807, 2.05) is 19.1 Å². The van der Waals surface area contributed by atoms with Crippen LogP contribution >= 0.6 is 0 Å². The Labute approximate surface area is 248 Å². The summed E-state index contributed by atoms with van der Waals surface area (Å²) in [6.07, 6.45) is 0. The molecule has 8 rings (SSSR count). The SMILES string of the molecule is Cc1c(-n2c3ccccc3c3cc(-c4ccc5c6ccccc6n(-c6ccccc6)c5c4)ccc32)ccc(C#N)c1C#N. The molecule has 0 saturated carbocycles. The minimum atomic E-state index is 0.398. The number of aromatic nitrogens is 2. The summed E-state index contributed by atoms with van der Waals surface area (Å²) in [7, 11) is 0. The lowest BCUT2D eigenvalue weighted by molar-refractivity contribution is 1.14. The summed E-state index contributed by atoms with van der Waals surface area (Å²) in [4.78, 5) is 0. The van der Waals surface area contributed by atoms with Gasteiger partial charge in [-0.3, -0.25) is 0 Å². The van der Waals surface area contributed by atoms with Crippen molar-refractivity contribution in [3.8, 4) is 34.6 Å². The fourth-order valence-corrected chi connectivity index (χ4v) is 6.60. The van der Waals surface area contributed by atoms with E-state index in [-0.39, 0.29) is 0 Å². The van der Waals surface area contributed by atoms with Crippen LogP contribution in [0.5, 0.6) is 0 Å². The van der Waals surface area contributed by atoms with Gasteiger partial charge in [-0.15, -0.1) is 0 Å². The Bertz CT molecular complexity index is 2480. The van der Waals surface area contributed by atoms with Crippen molar-refractivity contribution in [3.05, 3.63) is 144 Å². The predicted molar refractivity (Wildman–Crippen MR) is 175 cm³/mol. The topological polar surface area (TPSA) is 57.4 Å². The van der Waals surface area contributed by atoms with Gasteiger partial charge in [0, 0.05) is 27.2 Å². The van der Waals surface area contributed by atoms with Crippen molar-refractivity contribution in [2.24, 2.45) is 0 Å². The standard InChI is InChI=1S/C39H24N4/c1-25-34(24-41)28(23-40)17-19-35(25)43-37-14-8-6-12-31(37)33-21-26(16-20-38(33)43)27-15-18-32-30-11-5-7-13-36(30)42(39(32)22-27)29-9-3-2-4-10-29/h2-22H,1H3. The van der Waals surface area contributed by atoms with Crippen LogP contribution in [0.25, 0.3) is 66.1 Å². The summed E-state index contributed by atoms with van der Waals surface area (Å²) in [5.74, 6) is 0. The molecule has 0 saturated heterocycles. The van der Waals surface area contributed by atoms with E-state index in [1.165, 1.54) is 21.8 Å². The summed E-state index contributed by atoms with van der Waals surface area (Å²) >= 11 is 0. The molecule has 4 nitrogen and oxygen atoms in total. The van der Waals surface area contributed by atoms with E-state index in [1.54, 1.807) is 6.07 Å². The highest BCUT2D eigenvalue weighted by Gasteiger charge is 2.18. The zero-order valence-corrected chi connectivity index (χ0v) is 23.4. The lowest BCUT2D eigenvalue weighted by Crippen LogP contribution is -2.00. The van der Waals surface area contributed by atoms with Gasteiger partial charge in [0.05, 0.1) is 38.9 Å². The average molecular weight is 549 g/mol. The quantitative estimate of drug-likeness (QED) is 0.221. The molecule has 0 unspecified atom stereocenters. The third kappa shape index (κ3) is 3.61. The van der Waals surface area contributed by atoms with Crippen LogP contribution in [0.3, 0.4) is 0 Å². The van der Waals surface area contributed by atoms with E-state index >= 15 is 0 Å². The molecule has 43 heavy (non-hydrogen) atoms. The van der Waals surface area contributed by atoms with E-state index in [0.717, 1.165) is 49.9 Å². The second-order valence-corrected chi connectivity index (χ2v) is 10.9. The monoisotopic (exact) mass is 548 g/mol. The molecule has 6 aromatic carbocycles. The lowest BCUT2D eigenvalue weighted by atomic mass is 10.0. The number of para-hydroxylation sites is 3. The summed E-state index contributed by atoms with van der Waals surface area (Å²) in [5.41, 5.74) is 10.4. The molecule has 0 radical (unpaired) electrons. The number of hydrogen-bond donors (Lipinski definition) is 0. The molecular formula is C39H24N4. The third-order valence-corrected chi connectivity index (χ3v) is 8.60. The van der Waals surface area contributed by atoms with Crippen LogP contribution in [0, 0.1) is 29.6 Å². The van der Waals surface area contributed by atoms with Gasteiger partial charge in [0.2, 0.25) is 0 Å². The number of fused-ring (bicyclic) bond motifs is 6. The van der Waals surface area contributed by atoms with Crippen LogP contribution in [0.1, 0.15) is 16.7 Å². The second-order valence-electron chi connectivity index (χ2n) is 10.9. The van der Waals surface area contributed by atoms with Crippen LogP contribution in [-0.2, 0) is 0 Å². The Balaban J connectivity index is 1.37. The number of nitrogens with zero attached hydrogens (tertiary/aromatic N) is 4. The fraction of sp³-hybridized carbons (Fsp3) is 0.0256. The maximum Gasteiger partial charge on any atom is 0.101 e. The van der Waals surface area contributed by atoms with Crippen molar-refractivity contribution in [3.63, 3.8) is 0 Å². The van der Waals surface area contributed by atoms with Crippen LogP contribution in [0.15, 0.2) is 127 Å². The maximum absolute atomic E-state index is 9.84. The van der Waals surface area contributed by atoms with Crippen molar-refractivity contribution in [2.75, 3.05) is 0 Å². The molecule has 0 aliphatic carbocycles. The molecule has 200 valence electrons. The Hall–Kier alpha value is -6.10. The zero-order valence-electron chi connectivity index (χ0n) is 23.4. The first-order chi connectivity index (χ1) is 21.2. The van der Waals surface area contributed by atoms with Gasteiger partial charge in [0.1, 0.15) is 12.1 Å². The molecule has 0 amide bonds. The van der Waals surface area contributed by atoms with Crippen molar-refractivity contribution >= 4 is 43.6 Å². The highest BCUT2D eigenvalue weighted by atomic mass is 15.0. The smallest absolute Gasteiger partial charge is 0.101 e. The van der Waals surface area contributed by atoms with E-state index in [9.17, 15) is 10.5 Å². The van der Waals surface area contributed by atoms with Crippen LogP contribution in [-0.4, -0.2) is 9.13 Å². The molecule has 0 bridgehead atoms. The highest BCUT2D eigenvalue weighted by molar-refractivity contribution is 6.12. The van der Waals surface area contributed by atoms with Crippen molar-refractivity contribution < 1.29 is 0 Å². The fourth-order valence-electron chi connectivity index (χ4n) is 6.60. The number of hydrogen-bond acceptors (Lipinski definition) is 2. The van der Waals surface area contributed by atoms with Crippen LogP contribution in [0.2, 0.25) is 0 Å². The van der Waals surface area contributed by atoms with E-state index in [0.29, 0.717) is 11.1 Å². The normalized spacial score (nSPS) is 11.3. The summed E-state index contributed by atoms with van der Waals surface area (Å²) in [6, 6.07) is 49.0. The molecule has 4 heteroatoms. The molecule has 8 aromatic rings. The van der Waals surface area contributed by atoms with Crippen molar-refractivity contribution in [1.29, 1.82) is 10.5 Å². The Morgan fingerprint density at radius 1 is 0.488 bits per heavy atom. The first-order valence-electron chi connectivity index (χ1n) is 14.2. The molecule has 2 heterocycles. The van der Waals surface area contributed by atoms with Crippen LogP contribution in [0.4, 0.5) is 0 Å². The Kier molecular flexibility index (Phi) is 5.44. The van der Waals surface area contributed by atoms with Gasteiger partial charge in [0.25, 0.3) is 0 Å². The summed E-state index contributed by atoms with van der Waals surface area (Å²) in [5, 5.41) is 24.1. The van der Waals surface area contributed by atoms with Gasteiger partial charge in [-0.05, 0) is 78.2 Å². The average Bonchev–Trinajstić information content (AvgIpc) is 3.57. The van der Waals surface area contributed by atoms with E-state index in [2.05, 4.69) is 130 Å². The summed E-state index contributed by atoms with van der Waals surface area (Å²) in [6.45, 7) is 1.92. The third-order valence-electron chi connectivity index (χ3n) is 8.60. The van der Waals surface area contributed by atoms with Crippen LogP contribution < -0.4 is 0 Å². The van der Waals surface area contributed by atoms with Gasteiger partial charge < -0.3 is 9.13 Å². The van der Waals surface area contributed by atoms with Gasteiger partial charge in [-0.25, -0.2) is 0 Å². The number of benzene rings is 6.